The van der Waals surface area contributed by atoms with Crippen molar-refractivity contribution >= 4 is 15.9 Å². The highest BCUT2D eigenvalue weighted by Gasteiger charge is 2.40. The summed E-state index contributed by atoms with van der Waals surface area (Å²) in [6, 6.07) is 5.21. The normalized spacial score (nSPS) is 26.1. The van der Waals surface area contributed by atoms with Crippen LogP contribution < -0.4 is 10.1 Å². The van der Waals surface area contributed by atoms with Crippen molar-refractivity contribution in [1.82, 2.24) is 10.2 Å². The molecule has 1 unspecified atom stereocenters. The van der Waals surface area contributed by atoms with Crippen molar-refractivity contribution in [2.24, 2.45) is 5.41 Å². The molecule has 0 aromatic heterocycles. The van der Waals surface area contributed by atoms with Gasteiger partial charge in [0, 0.05) is 29.7 Å². The van der Waals surface area contributed by atoms with E-state index >= 15 is 0 Å². The zero-order valence-corrected chi connectivity index (χ0v) is 13.3. The molecule has 2 saturated heterocycles. The van der Waals surface area contributed by atoms with Gasteiger partial charge in [-0.2, -0.15) is 8.78 Å². The summed E-state index contributed by atoms with van der Waals surface area (Å²) < 4.78 is 30.5. The molecular weight excluding hydrogens is 342 g/mol. The Morgan fingerprint density at radius 3 is 2.95 bits per heavy atom. The van der Waals surface area contributed by atoms with Gasteiger partial charge in [-0.3, -0.25) is 4.90 Å². The molecule has 0 bridgehead atoms. The Morgan fingerprint density at radius 1 is 1.38 bits per heavy atom. The lowest BCUT2D eigenvalue weighted by Gasteiger charge is -2.23. The highest BCUT2D eigenvalue weighted by molar-refractivity contribution is 9.10. The number of nitrogens with one attached hydrogen (secondary N) is 1. The molecule has 0 radical (unpaired) electrons. The first-order valence-electron chi connectivity index (χ1n) is 7.23. The van der Waals surface area contributed by atoms with E-state index in [1.54, 1.807) is 12.1 Å². The Hall–Kier alpha value is -0.720. The Bertz CT molecular complexity index is 506. The Morgan fingerprint density at radius 2 is 2.24 bits per heavy atom. The number of hydrogen-bond acceptors (Lipinski definition) is 3. The van der Waals surface area contributed by atoms with Gasteiger partial charge in [0.1, 0.15) is 5.75 Å². The molecule has 6 heteroatoms. The molecule has 1 spiro atoms. The number of likely N-dealkylation sites (tertiary alicyclic amines) is 1. The van der Waals surface area contributed by atoms with Gasteiger partial charge in [0.05, 0.1) is 0 Å². The maximum atomic E-state index is 12.5. The SMILES string of the molecule is FC(F)Oc1ccc(Br)cc1CN1CCC2(CCNC2)C1. The van der Waals surface area contributed by atoms with Gasteiger partial charge in [-0.1, -0.05) is 15.9 Å². The molecule has 3 rings (SSSR count). The highest BCUT2D eigenvalue weighted by Crippen LogP contribution is 2.37. The van der Waals surface area contributed by atoms with E-state index < -0.39 is 6.61 Å². The largest absolute Gasteiger partial charge is 0.434 e. The maximum Gasteiger partial charge on any atom is 0.387 e. The van der Waals surface area contributed by atoms with Crippen LogP contribution in [0, 0.1) is 5.41 Å². The van der Waals surface area contributed by atoms with Crippen LogP contribution in [0.2, 0.25) is 0 Å². The van der Waals surface area contributed by atoms with Crippen molar-refractivity contribution in [3.05, 3.63) is 28.2 Å². The average molecular weight is 361 g/mol. The van der Waals surface area contributed by atoms with Crippen molar-refractivity contribution in [3.8, 4) is 5.75 Å². The third-order valence-corrected chi connectivity index (χ3v) is 4.98. The zero-order valence-electron chi connectivity index (χ0n) is 11.7. The van der Waals surface area contributed by atoms with Crippen molar-refractivity contribution in [2.45, 2.75) is 26.0 Å². The second-order valence-corrected chi connectivity index (χ2v) is 6.93. The van der Waals surface area contributed by atoms with Gasteiger partial charge in [-0.05, 0) is 49.5 Å². The molecule has 2 aliphatic rings. The van der Waals surface area contributed by atoms with Crippen LogP contribution in [0.25, 0.3) is 0 Å². The van der Waals surface area contributed by atoms with Crippen LogP contribution in [0.3, 0.4) is 0 Å². The number of ether oxygens (including phenoxy) is 1. The fourth-order valence-corrected chi connectivity index (χ4v) is 3.84. The molecule has 3 nitrogen and oxygen atoms in total. The standard InChI is InChI=1S/C15H19BrF2N2O/c16-12-1-2-13(21-14(17)18)11(7-12)8-20-6-4-15(10-20)3-5-19-9-15/h1-2,7,14,19H,3-6,8-10H2. The van der Waals surface area contributed by atoms with E-state index in [-0.39, 0.29) is 5.75 Å². The lowest BCUT2D eigenvalue weighted by atomic mass is 9.86. The van der Waals surface area contributed by atoms with Gasteiger partial charge in [0.2, 0.25) is 0 Å². The number of rotatable bonds is 4. The molecule has 21 heavy (non-hydrogen) atoms. The van der Waals surface area contributed by atoms with E-state index in [4.69, 9.17) is 0 Å². The van der Waals surface area contributed by atoms with E-state index in [0.29, 0.717) is 12.0 Å². The molecule has 2 fully saturated rings. The molecule has 0 saturated carbocycles. The monoisotopic (exact) mass is 360 g/mol. The minimum atomic E-state index is -2.78. The maximum absolute atomic E-state index is 12.5. The predicted octanol–water partition coefficient (Wildman–Crippen LogP) is 3.24. The lowest BCUT2D eigenvalue weighted by molar-refractivity contribution is -0.0507. The minimum absolute atomic E-state index is 0.277. The number of nitrogens with zero attached hydrogens (tertiary/aromatic N) is 1. The summed E-state index contributed by atoms with van der Waals surface area (Å²) in [6.45, 7) is 2.08. The highest BCUT2D eigenvalue weighted by atomic mass is 79.9. The number of alkyl halides is 2. The molecule has 2 aliphatic heterocycles. The summed E-state index contributed by atoms with van der Waals surface area (Å²) in [7, 11) is 0. The van der Waals surface area contributed by atoms with Crippen molar-refractivity contribution in [3.63, 3.8) is 0 Å². The second kappa shape index (κ2) is 6.18. The van der Waals surface area contributed by atoms with Crippen molar-refractivity contribution in [2.75, 3.05) is 26.2 Å². The van der Waals surface area contributed by atoms with Crippen LogP contribution in [-0.2, 0) is 6.54 Å². The summed E-state index contributed by atoms with van der Waals surface area (Å²) in [4.78, 5) is 2.34. The molecule has 1 N–H and O–H groups in total. The van der Waals surface area contributed by atoms with Crippen LogP contribution in [0.4, 0.5) is 8.78 Å². The Labute approximate surface area is 131 Å². The summed E-state index contributed by atoms with van der Waals surface area (Å²) >= 11 is 3.40. The fraction of sp³-hybridized carbons (Fsp3) is 0.600. The van der Waals surface area contributed by atoms with Gasteiger partial charge in [0.25, 0.3) is 0 Å². The molecule has 1 atom stereocenters. The Balaban J connectivity index is 1.71. The first-order valence-corrected chi connectivity index (χ1v) is 8.02. The number of benzene rings is 1. The van der Waals surface area contributed by atoms with Crippen LogP contribution in [-0.4, -0.2) is 37.7 Å². The quantitative estimate of drug-likeness (QED) is 0.891. The summed E-state index contributed by atoms with van der Waals surface area (Å²) in [5.74, 6) is 0.277. The van der Waals surface area contributed by atoms with Crippen LogP contribution >= 0.6 is 15.9 Å². The predicted molar refractivity (Wildman–Crippen MR) is 80.6 cm³/mol. The van der Waals surface area contributed by atoms with E-state index in [0.717, 1.165) is 36.2 Å². The third-order valence-electron chi connectivity index (χ3n) is 4.48. The van der Waals surface area contributed by atoms with Crippen LogP contribution in [0.1, 0.15) is 18.4 Å². The lowest BCUT2D eigenvalue weighted by Crippen LogP contribution is -2.29. The second-order valence-electron chi connectivity index (χ2n) is 6.02. The van der Waals surface area contributed by atoms with Gasteiger partial charge < -0.3 is 10.1 Å². The molecule has 1 aromatic carbocycles. The van der Waals surface area contributed by atoms with E-state index in [2.05, 4.69) is 30.9 Å². The average Bonchev–Trinajstić information content (AvgIpc) is 3.03. The van der Waals surface area contributed by atoms with Gasteiger partial charge in [-0.25, -0.2) is 0 Å². The summed E-state index contributed by atoms with van der Waals surface area (Å²) in [5, 5.41) is 3.43. The minimum Gasteiger partial charge on any atom is -0.434 e. The number of hydrogen-bond donors (Lipinski definition) is 1. The topological polar surface area (TPSA) is 24.5 Å². The van der Waals surface area contributed by atoms with Crippen LogP contribution in [0.5, 0.6) is 5.75 Å². The smallest absolute Gasteiger partial charge is 0.387 e. The van der Waals surface area contributed by atoms with Gasteiger partial charge >= 0.3 is 6.61 Å². The van der Waals surface area contributed by atoms with E-state index in [1.165, 1.54) is 12.8 Å². The molecule has 116 valence electrons. The first kappa shape index (κ1) is 15.2. The van der Waals surface area contributed by atoms with E-state index in [1.807, 2.05) is 6.07 Å². The van der Waals surface area contributed by atoms with Crippen molar-refractivity contribution < 1.29 is 13.5 Å². The molecule has 0 aliphatic carbocycles. The zero-order chi connectivity index (χ0) is 14.9. The van der Waals surface area contributed by atoms with Gasteiger partial charge in [-0.15, -0.1) is 0 Å². The fourth-order valence-electron chi connectivity index (χ4n) is 3.43. The van der Waals surface area contributed by atoms with E-state index in [9.17, 15) is 8.78 Å². The van der Waals surface area contributed by atoms with Crippen LogP contribution in [0.15, 0.2) is 22.7 Å². The molecule has 1 aromatic rings. The molecular formula is C15H19BrF2N2O. The van der Waals surface area contributed by atoms with Crippen molar-refractivity contribution in [1.29, 1.82) is 0 Å². The molecule has 0 amide bonds. The third kappa shape index (κ3) is 3.55. The first-order chi connectivity index (χ1) is 10.1. The summed E-state index contributed by atoms with van der Waals surface area (Å²) in [6.07, 6.45) is 2.39. The van der Waals surface area contributed by atoms with Gasteiger partial charge in [0.15, 0.2) is 0 Å². The summed E-state index contributed by atoms with van der Waals surface area (Å²) in [5.41, 5.74) is 1.20. The molecule has 2 heterocycles. The Kier molecular flexibility index (Phi) is 4.47. The number of halogens is 3.